The van der Waals surface area contributed by atoms with E-state index in [0.717, 1.165) is 11.1 Å². The summed E-state index contributed by atoms with van der Waals surface area (Å²) in [5.74, 6) is 0. The maximum atomic E-state index is 13.0. The second-order valence-corrected chi connectivity index (χ2v) is 8.01. The molecule has 0 aliphatic rings. The molecule has 0 unspecified atom stereocenters. The Morgan fingerprint density at radius 1 is 1.04 bits per heavy atom. The molecule has 1 heterocycles. The summed E-state index contributed by atoms with van der Waals surface area (Å²) < 4.78 is 34.0. The van der Waals surface area contributed by atoms with E-state index in [1.807, 2.05) is 37.2 Å². The molecule has 3 aromatic carbocycles. The molecule has 7 nitrogen and oxygen atoms in total. The summed E-state index contributed by atoms with van der Waals surface area (Å²) in [5, 5.41) is 1.52. The van der Waals surface area contributed by atoms with Crippen LogP contribution in [0.3, 0.4) is 0 Å². The zero-order valence-corrected chi connectivity index (χ0v) is 15.6. The second-order valence-electron chi connectivity index (χ2n) is 6.36. The molecule has 27 heavy (non-hydrogen) atoms. The fourth-order valence-corrected chi connectivity index (χ4v) is 4.38. The van der Waals surface area contributed by atoms with Crippen molar-refractivity contribution in [1.29, 1.82) is 0 Å². The van der Waals surface area contributed by atoms with Crippen LogP contribution in [0.1, 0.15) is 0 Å². The van der Waals surface area contributed by atoms with E-state index in [1.54, 1.807) is 36.4 Å². The number of rotatable bonds is 4. The zero-order valence-electron chi connectivity index (χ0n) is 14.8. The molecule has 0 spiro atoms. The Hall–Kier alpha value is -3.26. The van der Waals surface area contributed by atoms with Gasteiger partial charge < -0.3 is 15.1 Å². The fraction of sp³-hybridized carbons (Fsp3) is 0.105. The number of anilines is 3. The van der Waals surface area contributed by atoms with Crippen molar-refractivity contribution in [2.75, 3.05) is 29.5 Å². The van der Waals surface area contributed by atoms with Gasteiger partial charge in [-0.3, -0.25) is 4.72 Å². The Morgan fingerprint density at radius 2 is 1.78 bits per heavy atom. The molecule has 138 valence electrons. The minimum atomic E-state index is -3.81. The molecule has 4 rings (SSSR count). The third kappa shape index (κ3) is 3.04. The standard InChI is InChI=1S/C19H18N4O3S/c1-23(2)16-7-3-6-14-13(16)5-4-8-18(14)27(24,25)22-12-9-10-15-17(11-12)26-19(20)21-15/h3-11,22H,1-2H3,(H2,20,21). The van der Waals surface area contributed by atoms with Crippen LogP contribution in [0.5, 0.6) is 0 Å². The lowest BCUT2D eigenvalue weighted by atomic mass is 10.1. The number of sulfonamides is 1. The number of hydrogen-bond donors (Lipinski definition) is 2. The molecule has 0 saturated heterocycles. The number of nitrogens with two attached hydrogens (primary N) is 1. The first-order valence-corrected chi connectivity index (χ1v) is 9.71. The predicted octanol–water partition coefficient (Wildman–Crippen LogP) is 3.43. The first kappa shape index (κ1) is 17.2. The molecule has 0 saturated carbocycles. The minimum Gasteiger partial charge on any atom is -0.424 e. The van der Waals surface area contributed by atoms with Gasteiger partial charge in [-0.2, -0.15) is 4.98 Å². The molecule has 0 atom stereocenters. The van der Waals surface area contributed by atoms with E-state index in [0.29, 0.717) is 22.2 Å². The minimum absolute atomic E-state index is 0.0373. The van der Waals surface area contributed by atoms with Crippen molar-refractivity contribution in [2.45, 2.75) is 4.90 Å². The highest BCUT2D eigenvalue weighted by Crippen LogP contribution is 2.31. The van der Waals surface area contributed by atoms with Gasteiger partial charge in [-0.05, 0) is 24.3 Å². The van der Waals surface area contributed by atoms with Crippen LogP contribution in [0, 0.1) is 0 Å². The molecule has 0 aliphatic heterocycles. The summed E-state index contributed by atoms with van der Waals surface area (Å²) in [6.45, 7) is 0. The Morgan fingerprint density at radius 3 is 2.56 bits per heavy atom. The molecule has 0 bridgehead atoms. The molecule has 0 radical (unpaired) electrons. The van der Waals surface area contributed by atoms with Crippen LogP contribution in [0.4, 0.5) is 17.4 Å². The van der Waals surface area contributed by atoms with E-state index >= 15 is 0 Å². The normalized spacial score (nSPS) is 11.8. The number of benzene rings is 3. The van der Waals surface area contributed by atoms with Gasteiger partial charge in [0, 0.05) is 36.6 Å². The maximum absolute atomic E-state index is 13.0. The Labute approximate surface area is 156 Å². The first-order valence-electron chi connectivity index (χ1n) is 8.23. The van der Waals surface area contributed by atoms with Crippen LogP contribution in [0.25, 0.3) is 21.9 Å². The van der Waals surface area contributed by atoms with Crippen LogP contribution in [0.2, 0.25) is 0 Å². The van der Waals surface area contributed by atoms with Crippen LogP contribution in [-0.2, 0) is 10.0 Å². The van der Waals surface area contributed by atoms with E-state index in [9.17, 15) is 8.42 Å². The van der Waals surface area contributed by atoms with Gasteiger partial charge in [0.1, 0.15) is 5.52 Å². The predicted molar refractivity (Wildman–Crippen MR) is 108 cm³/mol. The first-order chi connectivity index (χ1) is 12.8. The maximum Gasteiger partial charge on any atom is 0.292 e. The van der Waals surface area contributed by atoms with Gasteiger partial charge in [-0.1, -0.05) is 24.3 Å². The van der Waals surface area contributed by atoms with Crippen LogP contribution >= 0.6 is 0 Å². The Balaban J connectivity index is 1.80. The van der Waals surface area contributed by atoms with Gasteiger partial charge >= 0.3 is 0 Å². The van der Waals surface area contributed by atoms with E-state index in [4.69, 9.17) is 10.2 Å². The molecule has 4 aromatic rings. The summed E-state index contributed by atoms with van der Waals surface area (Å²) in [5.41, 5.74) is 7.84. The summed E-state index contributed by atoms with van der Waals surface area (Å²) >= 11 is 0. The third-order valence-electron chi connectivity index (χ3n) is 4.29. The number of nitrogens with one attached hydrogen (secondary N) is 1. The van der Waals surface area contributed by atoms with Gasteiger partial charge in [0.05, 0.1) is 10.6 Å². The topological polar surface area (TPSA) is 101 Å². The van der Waals surface area contributed by atoms with Crippen LogP contribution in [-0.4, -0.2) is 27.5 Å². The van der Waals surface area contributed by atoms with E-state index in [-0.39, 0.29) is 10.9 Å². The molecular weight excluding hydrogens is 364 g/mol. The second kappa shape index (κ2) is 6.17. The van der Waals surface area contributed by atoms with Gasteiger partial charge in [0.2, 0.25) is 0 Å². The van der Waals surface area contributed by atoms with Crippen molar-refractivity contribution in [1.82, 2.24) is 4.98 Å². The van der Waals surface area contributed by atoms with Crippen LogP contribution < -0.4 is 15.4 Å². The largest absolute Gasteiger partial charge is 0.424 e. The molecule has 3 N–H and O–H groups in total. The van der Waals surface area contributed by atoms with Gasteiger partial charge in [-0.15, -0.1) is 0 Å². The van der Waals surface area contributed by atoms with E-state index in [2.05, 4.69) is 9.71 Å². The van der Waals surface area contributed by atoms with Gasteiger partial charge in [0.15, 0.2) is 5.58 Å². The summed E-state index contributed by atoms with van der Waals surface area (Å²) in [6.07, 6.45) is 0. The summed E-state index contributed by atoms with van der Waals surface area (Å²) in [6, 6.07) is 15.7. The highest BCUT2D eigenvalue weighted by Gasteiger charge is 2.19. The number of nitrogen functional groups attached to an aromatic ring is 1. The number of oxazole rings is 1. The van der Waals surface area contributed by atoms with E-state index in [1.165, 1.54) is 0 Å². The van der Waals surface area contributed by atoms with Crippen molar-refractivity contribution in [3.05, 3.63) is 54.6 Å². The smallest absolute Gasteiger partial charge is 0.292 e. The molecule has 1 aromatic heterocycles. The molecule has 0 amide bonds. The number of hydrogen-bond acceptors (Lipinski definition) is 6. The average molecular weight is 382 g/mol. The number of nitrogens with zero attached hydrogens (tertiary/aromatic N) is 2. The number of fused-ring (bicyclic) bond motifs is 2. The van der Waals surface area contributed by atoms with Crippen molar-refractivity contribution in [3.63, 3.8) is 0 Å². The summed E-state index contributed by atoms with van der Waals surface area (Å²) in [4.78, 5) is 6.17. The van der Waals surface area contributed by atoms with Crippen molar-refractivity contribution >= 4 is 49.3 Å². The van der Waals surface area contributed by atoms with E-state index < -0.39 is 10.0 Å². The lowest BCUT2D eigenvalue weighted by Crippen LogP contribution is -2.14. The fourth-order valence-electron chi connectivity index (χ4n) is 3.10. The third-order valence-corrected chi connectivity index (χ3v) is 5.73. The highest BCUT2D eigenvalue weighted by molar-refractivity contribution is 7.93. The highest BCUT2D eigenvalue weighted by atomic mass is 32.2. The SMILES string of the molecule is CN(C)c1cccc2c(S(=O)(=O)Nc3ccc4nc(N)oc4c3)cccc12. The van der Waals surface area contributed by atoms with Gasteiger partial charge in [-0.25, -0.2) is 8.42 Å². The molecule has 0 aliphatic carbocycles. The average Bonchev–Trinajstić information content (AvgIpc) is 2.99. The van der Waals surface area contributed by atoms with Crippen molar-refractivity contribution in [3.8, 4) is 0 Å². The number of aromatic nitrogens is 1. The van der Waals surface area contributed by atoms with Gasteiger partial charge in [0.25, 0.3) is 16.0 Å². The molecule has 8 heteroatoms. The van der Waals surface area contributed by atoms with Crippen molar-refractivity contribution < 1.29 is 12.8 Å². The lowest BCUT2D eigenvalue weighted by Gasteiger charge is -2.17. The molecule has 0 fully saturated rings. The monoisotopic (exact) mass is 382 g/mol. The quantitative estimate of drug-likeness (QED) is 0.561. The Kier molecular flexibility index (Phi) is 3.92. The zero-order chi connectivity index (χ0) is 19.2. The van der Waals surface area contributed by atoms with Crippen LogP contribution in [0.15, 0.2) is 63.9 Å². The Bertz CT molecular complexity index is 1260. The summed E-state index contributed by atoms with van der Waals surface area (Å²) in [7, 11) is 0.0402. The lowest BCUT2D eigenvalue weighted by molar-refractivity contribution is 0.602. The van der Waals surface area contributed by atoms with Crippen molar-refractivity contribution in [2.24, 2.45) is 0 Å². The molecular formula is C19H18N4O3S.